The lowest BCUT2D eigenvalue weighted by Crippen LogP contribution is -2.06. The van der Waals surface area contributed by atoms with Gasteiger partial charge >= 0.3 is 5.97 Å². The van der Waals surface area contributed by atoms with Gasteiger partial charge in [-0.1, -0.05) is 60.7 Å². The van der Waals surface area contributed by atoms with Crippen molar-refractivity contribution < 1.29 is 9.53 Å². The number of methoxy groups -OCH3 is 1. The van der Waals surface area contributed by atoms with E-state index in [-0.39, 0.29) is 0 Å². The first-order valence-corrected chi connectivity index (χ1v) is 7.94. The summed E-state index contributed by atoms with van der Waals surface area (Å²) >= 11 is 0. The predicted octanol–water partition coefficient (Wildman–Crippen LogP) is 4.35. The number of rotatable bonds is 4. The quantitative estimate of drug-likeness (QED) is 0.528. The molecule has 4 nitrogen and oxygen atoms in total. The number of aromatic nitrogens is 1. The van der Waals surface area contributed by atoms with Crippen molar-refractivity contribution in [3.63, 3.8) is 0 Å². The normalized spacial score (nSPS) is 10.2. The summed E-state index contributed by atoms with van der Waals surface area (Å²) in [4.78, 5) is 21.0. The van der Waals surface area contributed by atoms with Crippen LogP contribution in [-0.2, 0) is 4.74 Å². The zero-order valence-electron chi connectivity index (χ0n) is 14.1. The van der Waals surface area contributed by atoms with Gasteiger partial charge in [-0.25, -0.2) is 14.8 Å². The molecule has 0 aliphatic rings. The van der Waals surface area contributed by atoms with Crippen LogP contribution in [0.5, 0.6) is 0 Å². The van der Waals surface area contributed by atoms with Gasteiger partial charge in [0.1, 0.15) is 0 Å². The van der Waals surface area contributed by atoms with E-state index in [4.69, 9.17) is 9.73 Å². The summed E-state index contributed by atoms with van der Waals surface area (Å²) in [5.74, 6) is 0.114. The van der Waals surface area contributed by atoms with Gasteiger partial charge in [-0.15, -0.1) is 0 Å². The maximum atomic E-state index is 11.9. The summed E-state index contributed by atoms with van der Waals surface area (Å²) in [6, 6.07) is 21.5. The van der Waals surface area contributed by atoms with Crippen LogP contribution in [0.1, 0.15) is 27.0 Å². The Bertz CT molecular complexity index is 862. The molecular formula is C21H18N2O2. The van der Waals surface area contributed by atoms with Gasteiger partial charge in [0, 0.05) is 22.9 Å². The molecule has 1 heterocycles. The van der Waals surface area contributed by atoms with E-state index >= 15 is 0 Å². The summed E-state index contributed by atoms with van der Waals surface area (Å²) < 4.78 is 4.83. The van der Waals surface area contributed by atoms with Crippen molar-refractivity contribution in [2.24, 2.45) is 4.99 Å². The minimum absolute atomic E-state index is 0.391. The van der Waals surface area contributed by atoms with Gasteiger partial charge in [-0.05, 0) is 13.0 Å². The second-order valence-electron chi connectivity index (χ2n) is 5.49. The minimum Gasteiger partial charge on any atom is -0.465 e. The molecule has 0 radical (unpaired) electrons. The Labute approximate surface area is 146 Å². The van der Waals surface area contributed by atoms with Gasteiger partial charge in [-0.3, -0.25) is 0 Å². The fraction of sp³-hybridized carbons (Fsp3) is 0.0952. The van der Waals surface area contributed by atoms with Gasteiger partial charge in [-0.2, -0.15) is 0 Å². The molecule has 0 fully saturated rings. The predicted molar refractivity (Wildman–Crippen MR) is 98.5 cm³/mol. The third kappa shape index (κ3) is 3.63. The Hall–Kier alpha value is -3.27. The van der Waals surface area contributed by atoms with Crippen molar-refractivity contribution in [1.82, 2.24) is 4.98 Å². The molecule has 2 aromatic carbocycles. The monoisotopic (exact) mass is 330 g/mol. The van der Waals surface area contributed by atoms with Crippen molar-refractivity contribution in [3.8, 4) is 0 Å². The van der Waals surface area contributed by atoms with Crippen molar-refractivity contribution in [3.05, 3.63) is 95.2 Å². The van der Waals surface area contributed by atoms with Gasteiger partial charge in [0.05, 0.1) is 18.4 Å². The van der Waals surface area contributed by atoms with Gasteiger partial charge < -0.3 is 4.74 Å². The van der Waals surface area contributed by atoms with Crippen molar-refractivity contribution in [2.75, 3.05) is 7.11 Å². The average molecular weight is 330 g/mol. The van der Waals surface area contributed by atoms with Gasteiger partial charge in [0.25, 0.3) is 0 Å². The van der Waals surface area contributed by atoms with Crippen molar-refractivity contribution in [1.29, 1.82) is 0 Å². The standard InChI is InChI=1S/C21H18N2O2/c1-15-18(21(24)25-2)13-14-22-20(15)23-19(16-9-5-3-6-10-16)17-11-7-4-8-12-17/h3-14H,1-2H3. The van der Waals surface area contributed by atoms with Crippen LogP contribution in [0.2, 0.25) is 0 Å². The number of carbonyl (C=O) groups is 1. The zero-order valence-corrected chi connectivity index (χ0v) is 14.1. The van der Waals surface area contributed by atoms with E-state index in [0.717, 1.165) is 16.8 Å². The highest BCUT2D eigenvalue weighted by atomic mass is 16.5. The molecule has 124 valence electrons. The first-order valence-electron chi connectivity index (χ1n) is 7.94. The molecule has 0 spiro atoms. The van der Waals surface area contributed by atoms with E-state index in [1.165, 1.54) is 7.11 Å². The zero-order chi connectivity index (χ0) is 17.6. The average Bonchev–Trinajstić information content (AvgIpc) is 2.68. The third-order valence-corrected chi connectivity index (χ3v) is 3.89. The Morgan fingerprint density at radius 2 is 1.48 bits per heavy atom. The molecule has 0 amide bonds. The molecule has 0 N–H and O–H groups in total. The Kier molecular flexibility index (Phi) is 5.00. The molecule has 0 aliphatic heterocycles. The molecule has 0 unspecified atom stereocenters. The number of benzene rings is 2. The highest BCUT2D eigenvalue weighted by Gasteiger charge is 2.14. The van der Waals surface area contributed by atoms with E-state index < -0.39 is 5.97 Å². The molecule has 0 saturated heterocycles. The summed E-state index contributed by atoms with van der Waals surface area (Å²) in [7, 11) is 1.37. The van der Waals surface area contributed by atoms with Crippen molar-refractivity contribution >= 4 is 17.5 Å². The van der Waals surface area contributed by atoms with Crippen LogP contribution in [-0.4, -0.2) is 23.8 Å². The summed E-state index contributed by atoms with van der Waals surface area (Å²) in [5.41, 5.74) is 3.94. The van der Waals surface area contributed by atoms with E-state index in [0.29, 0.717) is 16.9 Å². The number of hydrogen-bond acceptors (Lipinski definition) is 4. The molecule has 0 bridgehead atoms. The van der Waals surface area contributed by atoms with E-state index in [1.54, 1.807) is 12.3 Å². The number of ether oxygens (including phenoxy) is 1. The number of nitrogens with zero attached hydrogens (tertiary/aromatic N) is 2. The molecule has 25 heavy (non-hydrogen) atoms. The van der Waals surface area contributed by atoms with Crippen molar-refractivity contribution in [2.45, 2.75) is 6.92 Å². The highest BCUT2D eigenvalue weighted by Crippen LogP contribution is 2.22. The Balaban J connectivity index is 2.16. The number of carbonyl (C=O) groups excluding carboxylic acids is 1. The van der Waals surface area contributed by atoms with Crippen LogP contribution in [0.25, 0.3) is 0 Å². The lowest BCUT2D eigenvalue weighted by Gasteiger charge is -2.10. The molecule has 0 atom stereocenters. The molecule has 0 saturated carbocycles. The first kappa shape index (κ1) is 16.6. The second kappa shape index (κ2) is 7.53. The highest BCUT2D eigenvalue weighted by molar-refractivity contribution is 6.14. The Morgan fingerprint density at radius 3 is 2.00 bits per heavy atom. The lowest BCUT2D eigenvalue weighted by atomic mass is 10.0. The minimum atomic E-state index is -0.391. The number of pyridine rings is 1. The largest absolute Gasteiger partial charge is 0.465 e. The SMILES string of the molecule is COC(=O)c1ccnc(N=C(c2ccccc2)c2ccccc2)c1C. The molecule has 3 aromatic rings. The van der Waals surface area contributed by atoms with Crippen LogP contribution < -0.4 is 0 Å². The molecule has 3 rings (SSSR count). The fourth-order valence-electron chi connectivity index (χ4n) is 2.56. The maximum absolute atomic E-state index is 11.9. The number of hydrogen-bond donors (Lipinski definition) is 0. The van der Waals surface area contributed by atoms with Crippen LogP contribution in [0.15, 0.2) is 77.9 Å². The smallest absolute Gasteiger partial charge is 0.338 e. The second-order valence-corrected chi connectivity index (χ2v) is 5.49. The third-order valence-electron chi connectivity index (χ3n) is 3.89. The Morgan fingerprint density at radius 1 is 0.920 bits per heavy atom. The summed E-state index contributed by atoms with van der Waals surface area (Å²) in [6.45, 7) is 1.83. The molecule has 1 aromatic heterocycles. The lowest BCUT2D eigenvalue weighted by molar-refractivity contribution is 0.0600. The van der Waals surface area contributed by atoms with Gasteiger partial charge in [0.2, 0.25) is 0 Å². The van der Waals surface area contributed by atoms with E-state index in [1.807, 2.05) is 67.6 Å². The van der Waals surface area contributed by atoms with Crippen LogP contribution >= 0.6 is 0 Å². The molecule has 4 heteroatoms. The first-order chi connectivity index (χ1) is 12.2. The van der Waals surface area contributed by atoms with Crippen LogP contribution in [0, 0.1) is 6.92 Å². The van der Waals surface area contributed by atoms with Gasteiger partial charge in [0.15, 0.2) is 5.82 Å². The van der Waals surface area contributed by atoms with Crippen LogP contribution in [0.4, 0.5) is 5.82 Å². The van der Waals surface area contributed by atoms with Crippen LogP contribution in [0.3, 0.4) is 0 Å². The van der Waals surface area contributed by atoms with E-state index in [2.05, 4.69) is 4.98 Å². The van der Waals surface area contributed by atoms with E-state index in [9.17, 15) is 4.79 Å². The molecular weight excluding hydrogens is 312 g/mol. The maximum Gasteiger partial charge on any atom is 0.338 e. The number of esters is 1. The fourth-order valence-corrected chi connectivity index (χ4v) is 2.56. The summed E-state index contributed by atoms with van der Waals surface area (Å²) in [5, 5.41) is 0. The summed E-state index contributed by atoms with van der Waals surface area (Å²) in [6.07, 6.45) is 1.58. The number of aliphatic imine (C=N–C) groups is 1. The topological polar surface area (TPSA) is 51.5 Å². The molecule has 0 aliphatic carbocycles.